The molecule has 0 heterocycles. The predicted molar refractivity (Wildman–Crippen MR) is 77.2 cm³/mol. The molecule has 1 aromatic carbocycles. The van der Waals surface area contributed by atoms with E-state index in [0.29, 0.717) is 23.6 Å². The highest BCUT2D eigenvalue weighted by atomic mass is 79.9. The van der Waals surface area contributed by atoms with E-state index in [1.165, 1.54) is 11.8 Å². The Kier molecular flexibility index (Phi) is 5.82. The van der Waals surface area contributed by atoms with E-state index in [9.17, 15) is 14.7 Å². The van der Waals surface area contributed by atoms with Crippen molar-refractivity contribution >= 4 is 39.4 Å². The first-order valence-electron chi connectivity index (χ1n) is 5.83. The van der Waals surface area contributed by atoms with E-state index in [0.717, 1.165) is 4.47 Å². The summed E-state index contributed by atoms with van der Waals surface area (Å²) in [6, 6.07) is 3.90. The van der Waals surface area contributed by atoms with E-state index in [1.807, 2.05) is 6.92 Å². The lowest BCUT2D eigenvalue weighted by molar-refractivity contribution is -0.149. The summed E-state index contributed by atoms with van der Waals surface area (Å²) in [4.78, 5) is 24.5. The Morgan fingerprint density at radius 3 is 2.53 bits per heavy atom. The van der Waals surface area contributed by atoms with Crippen LogP contribution in [0.4, 0.5) is 0 Å². The maximum absolute atomic E-state index is 11.6. The lowest BCUT2D eigenvalue weighted by Gasteiger charge is -2.28. The summed E-state index contributed by atoms with van der Waals surface area (Å²) >= 11 is 9.35. The normalized spacial score (nSPS) is 12.0. The van der Waals surface area contributed by atoms with Crippen molar-refractivity contribution in [2.45, 2.75) is 26.3 Å². The Balaban J connectivity index is 3.26. The molecule has 1 amide bonds. The molecule has 1 atom stereocenters. The van der Waals surface area contributed by atoms with E-state index >= 15 is 0 Å². The van der Waals surface area contributed by atoms with Crippen LogP contribution in [0, 0.1) is 0 Å². The molecule has 0 aromatic heterocycles. The SMILES string of the molecule is CCCN(C(C)=O)C(C(=O)O)c1ccc(Br)cc1Cl. The second-order valence-corrected chi connectivity index (χ2v) is 5.44. The average Bonchev–Trinajstić information content (AvgIpc) is 2.30. The molecule has 6 heteroatoms. The number of carboxylic acid groups (broad SMARTS) is 1. The third-order valence-electron chi connectivity index (χ3n) is 2.67. The van der Waals surface area contributed by atoms with Gasteiger partial charge in [0.25, 0.3) is 0 Å². The van der Waals surface area contributed by atoms with Crippen LogP contribution >= 0.6 is 27.5 Å². The number of carboxylic acids is 1. The Labute approximate surface area is 125 Å². The van der Waals surface area contributed by atoms with Crippen molar-refractivity contribution in [2.75, 3.05) is 6.54 Å². The summed E-state index contributed by atoms with van der Waals surface area (Å²) in [5.41, 5.74) is 0.418. The van der Waals surface area contributed by atoms with Gasteiger partial charge in [-0.25, -0.2) is 4.79 Å². The topological polar surface area (TPSA) is 57.6 Å². The first-order valence-corrected chi connectivity index (χ1v) is 7.00. The van der Waals surface area contributed by atoms with Crippen LogP contribution in [-0.2, 0) is 9.59 Å². The first-order chi connectivity index (χ1) is 8.88. The van der Waals surface area contributed by atoms with Gasteiger partial charge in [-0.05, 0) is 18.6 Å². The van der Waals surface area contributed by atoms with Crippen LogP contribution in [0.25, 0.3) is 0 Å². The lowest BCUT2D eigenvalue weighted by Crippen LogP contribution is -2.38. The second-order valence-electron chi connectivity index (χ2n) is 4.12. The van der Waals surface area contributed by atoms with Gasteiger partial charge in [-0.1, -0.05) is 40.5 Å². The average molecular weight is 349 g/mol. The van der Waals surface area contributed by atoms with Crippen molar-refractivity contribution in [2.24, 2.45) is 0 Å². The highest BCUT2D eigenvalue weighted by molar-refractivity contribution is 9.10. The predicted octanol–water partition coefficient (Wildman–Crippen LogP) is 3.49. The summed E-state index contributed by atoms with van der Waals surface area (Å²) in [5, 5.41) is 9.73. The van der Waals surface area contributed by atoms with Gasteiger partial charge in [0.05, 0.1) is 0 Å². The van der Waals surface area contributed by atoms with Crippen LogP contribution in [0.15, 0.2) is 22.7 Å². The highest BCUT2D eigenvalue weighted by Crippen LogP contribution is 2.30. The smallest absolute Gasteiger partial charge is 0.331 e. The molecule has 0 spiro atoms. The summed E-state index contributed by atoms with van der Waals surface area (Å²) in [6.07, 6.45) is 0.678. The molecule has 0 saturated heterocycles. The van der Waals surface area contributed by atoms with Crippen molar-refractivity contribution < 1.29 is 14.7 Å². The Morgan fingerprint density at radius 1 is 1.47 bits per heavy atom. The van der Waals surface area contributed by atoms with Crippen molar-refractivity contribution in [1.29, 1.82) is 0 Å². The van der Waals surface area contributed by atoms with Gasteiger partial charge >= 0.3 is 5.97 Å². The minimum atomic E-state index is -1.09. The van der Waals surface area contributed by atoms with Gasteiger partial charge in [0.1, 0.15) is 0 Å². The van der Waals surface area contributed by atoms with Crippen molar-refractivity contribution in [3.8, 4) is 0 Å². The molecule has 0 aliphatic rings. The molecule has 0 aliphatic heterocycles. The number of halogens is 2. The van der Waals surface area contributed by atoms with Crippen LogP contribution in [0.2, 0.25) is 5.02 Å². The number of hydrogen-bond donors (Lipinski definition) is 1. The van der Waals surface area contributed by atoms with Gasteiger partial charge in [0, 0.05) is 28.5 Å². The molecule has 104 valence electrons. The molecule has 0 bridgehead atoms. The molecule has 1 N–H and O–H groups in total. The largest absolute Gasteiger partial charge is 0.479 e. The van der Waals surface area contributed by atoms with Gasteiger partial charge in [-0.2, -0.15) is 0 Å². The zero-order chi connectivity index (χ0) is 14.6. The number of amides is 1. The quantitative estimate of drug-likeness (QED) is 0.886. The molecule has 4 nitrogen and oxygen atoms in total. The Bertz CT molecular complexity index is 493. The fourth-order valence-electron chi connectivity index (χ4n) is 1.87. The van der Waals surface area contributed by atoms with Crippen LogP contribution in [0.1, 0.15) is 31.9 Å². The third kappa shape index (κ3) is 3.94. The van der Waals surface area contributed by atoms with Crippen LogP contribution in [0.3, 0.4) is 0 Å². The number of nitrogens with zero attached hydrogens (tertiary/aromatic N) is 1. The molecule has 0 aliphatic carbocycles. The van der Waals surface area contributed by atoms with E-state index in [1.54, 1.807) is 18.2 Å². The van der Waals surface area contributed by atoms with Gasteiger partial charge in [0.2, 0.25) is 5.91 Å². The van der Waals surface area contributed by atoms with Crippen LogP contribution in [0.5, 0.6) is 0 Å². The van der Waals surface area contributed by atoms with Gasteiger partial charge < -0.3 is 10.0 Å². The molecule has 1 unspecified atom stereocenters. The summed E-state index contributed by atoms with van der Waals surface area (Å²) in [5.74, 6) is -1.37. The number of carbonyl (C=O) groups excluding carboxylic acids is 1. The number of rotatable bonds is 5. The standard InChI is InChI=1S/C13H15BrClNO3/c1-3-6-16(8(2)17)12(13(18)19)10-5-4-9(14)7-11(10)15/h4-5,7,12H,3,6H2,1-2H3,(H,18,19). The maximum atomic E-state index is 11.6. The summed E-state index contributed by atoms with van der Waals surface area (Å²) in [7, 11) is 0. The molecule has 0 fully saturated rings. The molecule has 0 saturated carbocycles. The zero-order valence-electron chi connectivity index (χ0n) is 10.7. The number of aliphatic carboxylic acids is 1. The summed E-state index contributed by atoms with van der Waals surface area (Å²) < 4.78 is 0.759. The first kappa shape index (κ1) is 16.0. The molecular weight excluding hydrogens is 334 g/mol. The second kappa shape index (κ2) is 6.91. The zero-order valence-corrected chi connectivity index (χ0v) is 13.0. The number of benzene rings is 1. The monoisotopic (exact) mass is 347 g/mol. The maximum Gasteiger partial charge on any atom is 0.331 e. The molecule has 19 heavy (non-hydrogen) atoms. The fourth-order valence-corrected chi connectivity index (χ4v) is 2.64. The van der Waals surface area contributed by atoms with Crippen LogP contribution < -0.4 is 0 Å². The van der Waals surface area contributed by atoms with E-state index in [2.05, 4.69) is 15.9 Å². The van der Waals surface area contributed by atoms with Crippen molar-refractivity contribution in [3.63, 3.8) is 0 Å². The minimum absolute atomic E-state index is 0.284. The van der Waals surface area contributed by atoms with Crippen molar-refractivity contribution in [3.05, 3.63) is 33.3 Å². The van der Waals surface area contributed by atoms with E-state index in [-0.39, 0.29) is 5.91 Å². The Morgan fingerprint density at radius 2 is 2.11 bits per heavy atom. The van der Waals surface area contributed by atoms with E-state index < -0.39 is 12.0 Å². The van der Waals surface area contributed by atoms with Gasteiger partial charge in [0.15, 0.2) is 6.04 Å². The van der Waals surface area contributed by atoms with Gasteiger partial charge in [-0.3, -0.25) is 4.79 Å². The lowest BCUT2D eigenvalue weighted by atomic mass is 10.0. The van der Waals surface area contributed by atoms with Crippen LogP contribution in [-0.4, -0.2) is 28.4 Å². The summed E-state index contributed by atoms with van der Waals surface area (Å²) in [6.45, 7) is 3.62. The molecular formula is C13H15BrClNO3. The number of carbonyl (C=O) groups is 2. The fraction of sp³-hybridized carbons (Fsp3) is 0.385. The Hall–Kier alpha value is -1.07. The van der Waals surface area contributed by atoms with Crippen molar-refractivity contribution in [1.82, 2.24) is 4.90 Å². The van der Waals surface area contributed by atoms with E-state index in [4.69, 9.17) is 11.6 Å². The molecule has 1 aromatic rings. The molecule has 1 rings (SSSR count). The van der Waals surface area contributed by atoms with Gasteiger partial charge in [-0.15, -0.1) is 0 Å². The number of hydrogen-bond acceptors (Lipinski definition) is 2. The third-order valence-corrected chi connectivity index (χ3v) is 3.49. The minimum Gasteiger partial charge on any atom is -0.479 e. The molecule has 0 radical (unpaired) electrons. The highest BCUT2D eigenvalue weighted by Gasteiger charge is 2.30.